The number of aliphatic hydroxyl groups is 1. The Kier molecular flexibility index (Phi) is 6.48. The van der Waals surface area contributed by atoms with Crippen LogP contribution in [0.25, 0.3) is 0 Å². The lowest BCUT2D eigenvalue weighted by atomic mass is 9.61. The fourth-order valence-corrected chi connectivity index (χ4v) is 7.61. The van der Waals surface area contributed by atoms with Crippen LogP contribution in [-0.2, 0) is 15.1 Å². The molecule has 6 nitrogen and oxygen atoms in total. The number of fused-ring (bicyclic) bond motifs is 1. The summed E-state index contributed by atoms with van der Waals surface area (Å²) in [6.07, 6.45) is 4.72. The van der Waals surface area contributed by atoms with E-state index in [2.05, 4.69) is 77.2 Å². The lowest BCUT2D eigenvalue weighted by Gasteiger charge is -2.46. The number of hydrogen-bond acceptors (Lipinski definition) is 5. The predicted octanol–water partition coefficient (Wildman–Crippen LogP) is 6.19. The standard InChI is InChI=1S/C31H41NO5Si2/c1-28(2,3)39(7,8)36-23-15-16-25-24(22-23)31-29(34)17-12-10-9-11-14-26(30(31,37-31)19-13-18-29)32(25)27(33)35-20-21-38(4,5)6/h9-10,15-16,22,26,34H,13,18-21H2,1-8H3/b10-9-/t26-,29-,30-,31-/m0/s1. The van der Waals surface area contributed by atoms with Crippen LogP contribution in [0.1, 0.15) is 45.6 Å². The Bertz CT molecular complexity index is 1350. The molecule has 1 N–H and O–H groups in total. The van der Waals surface area contributed by atoms with E-state index in [1.54, 1.807) is 17.1 Å². The molecule has 4 bridgehead atoms. The van der Waals surface area contributed by atoms with Gasteiger partial charge in [-0.15, -0.1) is 0 Å². The third-order valence-corrected chi connectivity index (χ3v) is 15.1. The normalized spacial score (nSPS) is 31.3. The molecule has 1 aromatic carbocycles. The summed E-state index contributed by atoms with van der Waals surface area (Å²) in [4.78, 5) is 15.5. The highest BCUT2D eigenvalue weighted by Crippen LogP contribution is 2.73. The molecule has 1 aromatic rings. The SMILES string of the molecule is CC(C)(C)[Si](C)(C)Oc1ccc2c(c1)[C@@]13O[C@]14CCC[C@@]3(O)C#C/C=C\C#C[C@@H]4N2C(=O)OCC[Si](C)(C)C. The van der Waals surface area contributed by atoms with Gasteiger partial charge in [-0.3, -0.25) is 4.90 Å². The summed E-state index contributed by atoms with van der Waals surface area (Å²) in [6, 6.07) is 6.03. The van der Waals surface area contributed by atoms with Crippen LogP contribution in [0.3, 0.4) is 0 Å². The van der Waals surface area contributed by atoms with E-state index in [0.29, 0.717) is 37.3 Å². The second kappa shape index (κ2) is 9.01. The first-order valence-electron chi connectivity index (χ1n) is 14.0. The summed E-state index contributed by atoms with van der Waals surface area (Å²) in [5.74, 6) is 13.2. The summed E-state index contributed by atoms with van der Waals surface area (Å²) in [5.41, 5.74) is -2.06. The van der Waals surface area contributed by atoms with E-state index in [-0.39, 0.29) is 5.04 Å². The quantitative estimate of drug-likeness (QED) is 0.263. The van der Waals surface area contributed by atoms with Crippen molar-refractivity contribution in [1.29, 1.82) is 0 Å². The molecule has 2 heterocycles. The minimum absolute atomic E-state index is 0.00824. The average molecular weight is 564 g/mol. The summed E-state index contributed by atoms with van der Waals surface area (Å²) in [7, 11) is -3.55. The molecule has 2 aliphatic heterocycles. The summed E-state index contributed by atoms with van der Waals surface area (Å²) in [5, 5.41) is 12.2. The van der Waals surface area contributed by atoms with Gasteiger partial charge in [-0.25, -0.2) is 4.79 Å². The average Bonchev–Trinajstić information content (AvgIpc) is 3.52. The Morgan fingerprint density at radius 3 is 2.56 bits per heavy atom. The predicted molar refractivity (Wildman–Crippen MR) is 159 cm³/mol. The van der Waals surface area contributed by atoms with Crippen LogP contribution in [0.5, 0.6) is 5.75 Å². The monoisotopic (exact) mass is 563 g/mol. The number of benzene rings is 1. The second-order valence-corrected chi connectivity index (χ2v) is 24.4. The van der Waals surface area contributed by atoms with Gasteiger partial charge in [0.05, 0.1) is 12.3 Å². The third kappa shape index (κ3) is 4.37. The maximum Gasteiger partial charge on any atom is 0.415 e. The highest BCUT2D eigenvalue weighted by Gasteiger charge is 2.86. The van der Waals surface area contributed by atoms with Gasteiger partial charge in [-0.1, -0.05) is 64.1 Å². The zero-order valence-electron chi connectivity index (χ0n) is 24.5. The Morgan fingerprint density at radius 2 is 1.87 bits per heavy atom. The van der Waals surface area contributed by atoms with E-state index < -0.39 is 45.3 Å². The van der Waals surface area contributed by atoms with E-state index in [0.717, 1.165) is 11.6 Å². The number of epoxide rings is 1. The Labute approximate surface area is 235 Å². The van der Waals surface area contributed by atoms with Crippen molar-refractivity contribution in [2.24, 2.45) is 0 Å². The van der Waals surface area contributed by atoms with Gasteiger partial charge in [0.25, 0.3) is 0 Å². The van der Waals surface area contributed by atoms with E-state index in [9.17, 15) is 9.90 Å². The van der Waals surface area contributed by atoms with Crippen molar-refractivity contribution in [3.05, 3.63) is 35.9 Å². The van der Waals surface area contributed by atoms with Crippen molar-refractivity contribution in [2.75, 3.05) is 11.5 Å². The van der Waals surface area contributed by atoms with E-state index in [1.165, 1.54) is 0 Å². The molecule has 0 unspecified atom stereocenters. The second-order valence-electron chi connectivity index (χ2n) is 14.0. The molecule has 4 atom stereocenters. The van der Waals surface area contributed by atoms with Gasteiger partial charge < -0.3 is 19.0 Å². The molecular formula is C31H41NO5Si2. The first kappa shape index (κ1) is 28.0. The van der Waals surface area contributed by atoms with Crippen LogP contribution in [-0.4, -0.2) is 51.4 Å². The number of anilines is 1. The minimum atomic E-state index is -2.15. The van der Waals surface area contributed by atoms with Gasteiger partial charge in [0.1, 0.15) is 17.4 Å². The Hall–Kier alpha value is -2.50. The fraction of sp³-hybridized carbons (Fsp3) is 0.581. The van der Waals surface area contributed by atoms with Gasteiger partial charge in [0, 0.05) is 13.6 Å². The zero-order chi connectivity index (χ0) is 28.5. The Balaban J connectivity index is 1.66. The van der Waals surface area contributed by atoms with E-state index in [4.69, 9.17) is 13.9 Å². The molecule has 1 amide bonds. The van der Waals surface area contributed by atoms with E-state index >= 15 is 0 Å². The van der Waals surface area contributed by atoms with Crippen molar-refractivity contribution < 1.29 is 23.8 Å². The largest absolute Gasteiger partial charge is 0.543 e. The highest BCUT2D eigenvalue weighted by molar-refractivity contribution is 6.76. The molecule has 0 spiro atoms. The van der Waals surface area contributed by atoms with Crippen LogP contribution in [0.15, 0.2) is 30.4 Å². The van der Waals surface area contributed by atoms with E-state index in [1.807, 2.05) is 18.2 Å². The molecule has 2 aliphatic carbocycles. The lowest BCUT2D eigenvalue weighted by molar-refractivity contribution is -0.00528. The number of rotatable bonds is 5. The topological polar surface area (TPSA) is 71.5 Å². The number of ether oxygens (including phenoxy) is 2. The maximum atomic E-state index is 13.8. The number of nitrogens with zero attached hydrogens (tertiary/aromatic N) is 1. The molecule has 2 fully saturated rings. The van der Waals surface area contributed by atoms with Gasteiger partial charge >= 0.3 is 6.09 Å². The molecule has 208 valence electrons. The molecule has 39 heavy (non-hydrogen) atoms. The Morgan fingerprint density at radius 1 is 1.15 bits per heavy atom. The van der Waals surface area contributed by atoms with Crippen molar-refractivity contribution >= 4 is 28.2 Å². The molecular weight excluding hydrogens is 523 g/mol. The zero-order valence-corrected chi connectivity index (χ0v) is 26.5. The summed E-state index contributed by atoms with van der Waals surface area (Å²) in [6.45, 7) is 18.2. The van der Waals surface area contributed by atoms with Gasteiger partial charge in [-0.2, -0.15) is 0 Å². The molecule has 4 aliphatic rings. The third-order valence-electron chi connectivity index (χ3n) is 9.07. The smallest absolute Gasteiger partial charge is 0.415 e. The van der Waals surface area contributed by atoms with Crippen molar-refractivity contribution in [3.8, 4) is 29.4 Å². The van der Waals surface area contributed by atoms with Crippen LogP contribution in [0.4, 0.5) is 10.5 Å². The maximum absolute atomic E-state index is 13.8. The molecule has 0 radical (unpaired) electrons. The van der Waals surface area contributed by atoms with Crippen LogP contribution >= 0.6 is 0 Å². The minimum Gasteiger partial charge on any atom is -0.543 e. The molecule has 5 rings (SSSR count). The fourth-order valence-electron chi connectivity index (χ4n) is 5.87. The molecule has 0 aromatic heterocycles. The van der Waals surface area contributed by atoms with Crippen molar-refractivity contribution in [3.63, 3.8) is 0 Å². The van der Waals surface area contributed by atoms with Crippen LogP contribution < -0.4 is 9.33 Å². The highest BCUT2D eigenvalue weighted by atomic mass is 28.4. The molecule has 1 saturated heterocycles. The van der Waals surface area contributed by atoms with Gasteiger partial charge in [0.15, 0.2) is 11.2 Å². The number of allylic oxidation sites excluding steroid dienone is 2. The molecule has 1 saturated carbocycles. The van der Waals surface area contributed by atoms with Crippen LogP contribution in [0, 0.1) is 23.7 Å². The number of carbonyl (C=O) groups excluding carboxylic acids is 1. The summed E-state index contributed by atoms with van der Waals surface area (Å²) < 4.78 is 19.3. The molecule has 8 heteroatoms. The summed E-state index contributed by atoms with van der Waals surface area (Å²) >= 11 is 0. The van der Waals surface area contributed by atoms with Crippen molar-refractivity contribution in [1.82, 2.24) is 0 Å². The van der Waals surface area contributed by atoms with Gasteiger partial charge in [-0.05, 0) is 73.8 Å². The number of amides is 1. The van der Waals surface area contributed by atoms with Crippen molar-refractivity contribution in [2.45, 2.75) is 107 Å². The number of hydrogen-bond donors (Lipinski definition) is 1. The van der Waals surface area contributed by atoms with Crippen LogP contribution in [0.2, 0.25) is 43.8 Å². The first-order chi connectivity index (χ1) is 18.1. The van der Waals surface area contributed by atoms with Gasteiger partial charge in [0.2, 0.25) is 8.32 Å². The first-order valence-corrected chi connectivity index (χ1v) is 20.6. The lowest BCUT2D eigenvalue weighted by Crippen LogP contribution is -2.62. The number of carbonyl (C=O) groups is 1.